The van der Waals surface area contributed by atoms with E-state index in [1.165, 1.54) is 47.0 Å². The van der Waals surface area contributed by atoms with E-state index in [1.807, 2.05) is 13.8 Å². The van der Waals surface area contributed by atoms with Crippen LogP contribution in [0.1, 0.15) is 13.8 Å². The zero-order chi connectivity index (χ0) is 37.0. The molecule has 0 aliphatic carbocycles. The summed E-state index contributed by atoms with van der Waals surface area (Å²) in [6.07, 6.45) is 0. The molecule has 0 aliphatic rings. The van der Waals surface area contributed by atoms with Gasteiger partial charge in [0.15, 0.2) is 0 Å². The van der Waals surface area contributed by atoms with E-state index in [2.05, 4.69) is 0 Å². The molecule has 6 rings (SSSR count). The third-order valence-electron chi connectivity index (χ3n) is 8.06. The van der Waals surface area contributed by atoms with Gasteiger partial charge in [0.1, 0.15) is 33.2 Å². The fourth-order valence-corrected chi connectivity index (χ4v) is 6.54. The monoisotopic (exact) mass is 768 g/mol. The number of phenols is 1. The van der Waals surface area contributed by atoms with Gasteiger partial charge in [-0.25, -0.2) is 8.78 Å². The lowest BCUT2D eigenvalue weighted by Gasteiger charge is -2.18. The molecule has 2 aromatic heterocycles. The number of ether oxygens (including phenoxy) is 1. The molecule has 12 heteroatoms. The number of phenolic OH excluding ortho intramolecular Hbond substituents is 1. The molecule has 0 bridgehead atoms. The first kappa shape index (κ1) is 37.7. The van der Waals surface area contributed by atoms with Crippen molar-refractivity contribution in [3.8, 4) is 56.3 Å². The van der Waals surface area contributed by atoms with Gasteiger partial charge >= 0.3 is 0 Å². The van der Waals surface area contributed by atoms with E-state index in [0.717, 1.165) is 0 Å². The molecular formula is C39H30Cl4F2N2O4. The molecule has 262 valence electrons. The lowest BCUT2D eigenvalue weighted by molar-refractivity contribution is 0.415. The van der Waals surface area contributed by atoms with Crippen molar-refractivity contribution in [3.63, 3.8) is 0 Å². The summed E-state index contributed by atoms with van der Waals surface area (Å²) in [5, 5.41) is 10.9. The van der Waals surface area contributed by atoms with Crippen molar-refractivity contribution >= 4 is 46.4 Å². The van der Waals surface area contributed by atoms with Crippen LogP contribution in [0.3, 0.4) is 0 Å². The second kappa shape index (κ2) is 16.2. The minimum absolute atomic E-state index is 0.0369. The summed E-state index contributed by atoms with van der Waals surface area (Å²) in [7, 11) is 1.56. The molecule has 0 fully saturated rings. The van der Waals surface area contributed by atoms with Crippen LogP contribution in [0.5, 0.6) is 11.5 Å². The van der Waals surface area contributed by atoms with Gasteiger partial charge in [0.25, 0.3) is 11.1 Å². The number of hydrogen-bond acceptors (Lipinski definition) is 4. The zero-order valence-corrected chi connectivity index (χ0v) is 30.5. The Bertz CT molecular complexity index is 2340. The minimum atomic E-state index is -0.375. The van der Waals surface area contributed by atoms with Crippen molar-refractivity contribution in [1.82, 2.24) is 9.13 Å². The summed E-state index contributed by atoms with van der Waals surface area (Å²) in [4.78, 5) is 25.0. The van der Waals surface area contributed by atoms with Crippen molar-refractivity contribution in [2.24, 2.45) is 0 Å². The van der Waals surface area contributed by atoms with Crippen molar-refractivity contribution in [2.75, 3.05) is 7.11 Å². The van der Waals surface area contributed by atoms with E-state index >= 15 is 0 Å². The first-order valence-electron chi connectivity index (χ1n) is 15.6. The number of methoxy groups -OCH3 is 1. The third-order valence-corrected chi connectivity index (χ3v) is 9.26. The van der Waals surface area contributed by atoms with Crippen LogP contribution in [0.2, 0.25) is 20.1 Å². The Morgan fingerprint density at radius 3 is 1.39 bits per heavy atom. The quantitative estimate of drug-likeness (QED) is 0.175. The first-order chi connectivity index (χ1) is 24.4. The van der Waals surface area contributed by atoms with Gasteiger partial charge in [-0.05, 0) is 122 Å². The Balaban J connectivity index is 0.000000198. The number of aromatic hydroxyl groups is 1. The summed E-state index contributed by atoms with van der Waals surface area (Å²) >= 11 is 25.0. The molecule has 0 atom stereocenters. The highest BCUT2D eigenvalue weighted by Crippen LogP contribution is 2.40. The SMILES string of the molecule is CCn1c(-c2ccc(F)cc2)c(-c2cc(O)ccc2Cl)cc(Cl)c1=O.CCn1c(-c2ccc(F)cc2)c(-c2cc(OC)ccc2Cl)cc(Cl)c1=O. The van der Waals surface area contributed by atoms with Crippen molar-refractivity contribution in [3.05, 3.63) is 149 Å². The Morgan fingerprint density at radius 2 is 0.980 bits per heavy atom. The molecule has 2 heterocycles. The molecule has 0 saturated carbocycles. The largest absolute Gasteiger partial charge is 0.508 e. The molecular weight excluding hydrogens is 740 g/mol. The smallest absolute Gasteiger partial charge is 0.269 e. The maximum atomic E-state index is 13.4. The molecule has 0 saturated heterocycles. The molecule has 1 N–H and O–H groups in total. The van der Waals surface area contributed by atoms with E-state index in [4.69, 9.17) is 51.1 Å². The molecule has 0 unspecified atom stereocenters. The van der Waals surface area contributed by atoms with Gasteiger partial charge < -0.3 is 19.0 Å². The van der Waals surface area contributed by atoms with Gasteiger partial charge in [0, 0.05) is 45.4 Å². The fourth-order valence-electron chi connectivity index (χ4n) is 5.68. The lowest BCUT2D eigenvalue weighted by atomic mass is 9.98. The van der Waals surface area contributed by atoms with E-state index in [0.29, 0.717) is 73.7 Å². The number of rotatable bonds is 7. The second-order valence-electron chi connectivity index (χ2n) is 11.1. The Labute approximate surface area is 312 Å². The second-order valence-corrected chi connectivity index (χ2v) is 12.8. The first-order valence-corrected chi connectivity index (χ1v) is 17.1. The normalized spacial score (nSPS) is 10.8. The van der Waals surface area contributed by atoms with Crippen LogP contribution < -0.4 is 15.9 Å². The average Bonchev–Trinajstić information content (AvgIpc) is 3.12. The number of halogens is 6. The van der Waals surface area contributed by atoms with Gasteiger partial charge in [-0.1, -0.05) is 46.4 Å². The van der Waals surface area contributed by atoms with Gasteiger partial charge in [-0.15, -0.1) is 0 Å². The Morgan fingerprint density at radius 1 is 0.569 bits per heavy atom. The van der Waals surface area contributed by atoms with Crippen molar-refractivity contribution in [2.45, 2.75) is 26.9 Å². The Kier molecular flexibility index (Phi) is 11.9. The molecule has 6 nitrogen and oxygen atoms in total. The number of benzene rings is 4. The summed E-state index contributed by atoms with van der Waals surface area (Å²) in [5.41, 5.74) is 4.33. The molecule has 51 heavy (non-hydrogen) atoms. The summed E-state index contributed by atoms with van der Waals surface area (Å²) in [5.74, 6) is -0.0660. The van der Waals surface area contributed by atoms with Gasteiger partial charge in [0.2, 0.25) is 0 Å². The maximum absolute atomic E-state index is 13.4. The molecule has 4 aromatic carbocycles. The fraction of sp³-hybridized carbons (Fsp3) is 0.128. The van der Waals surface area contributed by atoms with Crippen molar-refractivity contribution in [1.29, 1.82) is 0 Å². The lowest BCUT2D eigenvalue weighted by Crippen LogP contribution is -2.22. The van der Waals surface area contributed by atoms with Crippen LogP contribution in [-0.2, 0) is 13.1 Å². The van der Waals surface area contributed by atoms with E-state index in [1.54, 1.807) is 66.3 Å². The predicted molar refractivity (Wildman–Crippen MR) is 203 cm³/mol. The third kappa shape index (κ3) is 8.00. The van der Waals surface area contributed by atoms with Gasteiger partial charge in [0.05, 0.1) is 18.5 Å². The van der Waals surface area contributed by atoms with Crippen LogP contribution in [0.4, 0.5) is 8.78 Å². The maximum Gasteiger partial charge on any atom is 0.269 e. The average molecular weight is 770 g/mol. The van der Waals surface area contributed by atoms with Crippen LogP contribution in [0.15, 0.2) is 107 Å². The van der Waals surface area contributed by atoms with Gasteiger partial charge in [-0.2, -0.15) is 0 Å². The van der Waals surface area contributed by atoms with Crippen LogP contribution in [0.25, 0.3) is 44.8 Å². The van der Waals surface area contributed by atoms with Crippen LogP contribution in [0, 0.1) is 11.6 Å². The zero-order valence-electron chi connectivity index (χ0n) is 27.5. The number of nitrogens with zero attached hydrogens (tertiary/aromatic N) is 2. The van der Waals surface area contributed by atoms with Gasteiger partial charge in [-0.3, -0.25) is 9.59 Å². The summed E-state index contributed by atoms with van der Waals surface area (Å²) in [6.45, 7) is 4.44. The molecule has 0 radical (unpaired) electrons. The highest BCUT2D eigenvalue weighted by Gasteiger charge is 2.20. The minimum Gasteiger partial charge on any atom is -0.508 e. The standard InChI is InChI=1S/C20H16Cl2FNO2.C19H14Cl2FNO2/c1-3-24-19(12-4-6-13(23)7-5-12)16(11-18(22)20(24)25)15-10-14(26-2)8-9-17(15)21;1-2-23-18(11-3-5-12(22)6-4-11)15(10-17(21)19(23)25)14-9-13(24)7-8-16(14)20/h4-11H,3H2,1-2H3;3-10,24H,2H2,1H3. The molecule has 0 amide bonds. The highest BCUT2D eigenvalue weighted by molar-refractivity contribution is 6.35. The molecule has 0 aliphatic heterocycles. The predicted octanol–water partition coefficient (Wildman–Crippen LogP) is 11.0. The van der Waals surface area contributed by atoms with E-state index in [9.17, 15) is 23.5 Å². The van der Waals surface area contributed by atoms with Crippen molar-refractivity contribution < 1.29 is 18.6 Å². The van der Waals surface area contributed by atoms with Crippen LogP contribution in [-0.4, -0.2) is 21.4 Å². The van der Waals surface area contributed by atoms with E-state index in [-0.39, 0.29) is 38.5 Å². The number of pyridine rings is 2. The number of aromatic nitrogens is 2. The topological polar surface area (TPSA) is 73.5 Å². The summed E-state index contributed by atoms with van der Waals surface area (Å²) < 4.78 is 35.1. The molecule has 6 aromatic rings. The van der Waals surface area contributed by atoms with E-state index < -0.39 is 0 Å². The highest BCUT2D eigenvalue weighted by atomic mass is 35.5. The van der Waals surface area contributed by atoms with Crippen LogP contribution >= 0.6 is 46.4 Å². The molecule has 0 spiro atoms. The Hall–Kier alpha value is -4.60. The number of hydrogen-bond donors (Lipinski definition) is 1. The summed E-state index contributed by atoms with van der Waals surface area (Å²) in [6, 6.07) is 24.7.